The average molecular weight is 551 g/mol. The lowest BCUT2D eigenvalue weighted by atomic mass is 10.0. The minimum absolute atomic E-state index is 0.580. The number of fused-ring (bicyclic) bond motifs is 1. The van der Waals surface area contributed by atoms with Crippen LogP contribution < -0.4 is 10.2 Å². The van der Waals surface area contributed by atoms with E-state index >= 15 is 0 Å². The number of aryl methyl sites for hydroxylation is 1. The fourth-order valence-electron chi connectivity index (χ4n) is 6.07. The van der Waals surface area contributed by atoms with Gasteiger partial charge in [-0.05, 0) is 75.0 Å². The fourth-order valence-corrected chi connectivity index (χ4v) is 6.07. The third-order valence-corrected chi connectivity index (χ3v) is 8.66. The Morgan fingerprint density at radius 2 is 1.71 bits per heavy atom. The van der Waals surface area contributed by atoms with Crippen LogP contribution in [0, 0.1) is 0 Å². The molecule has 0 spiro atoms. The lowest BCUT2D eigenvalue weighted by Gasteiger charge is -2.37. The number of nitrogens with zero attached hydrogens (tertiary/aromatic N) is 7. The topological polar surface area (TPSA) is 65.4 Å². The van der Waals surface area contributed by atoms with E-state index in [1.165, 1.54) is 49.2 Å². The van der Waals surface area contributed by atoms with E-state index < -0.39 is 0 Å². The van der Waals surface area contributed by atoms with Gasteiger partial charge < -0.3 is 10.2 Å². The van der Waals surface area contributed by atoms with Crippen molar-refractivity contribution in [3.63, 3.8) is 0 Å². The molecular weight excluding hydrogens is 508 g/mol. The molecule has 6 rings (SSSR count). The Labute approximate surface area is 243 Å². The molecule has 8 heteroatoms. The van der Waals surface area contributed by atoms with E-state index in [0.29, 0.717) is 6.04 Å². The van der Waals surface area contributed by atoms with E-state index in [1.54, 1.807) is 0 Å². The molecule has 0 amide bonds. The van der Waals surface area contributed by atoms with Crippen LogP contribution in [0.2, 0.25) is 0 Å². The first kappa shape index (κ1) is 27.4. The van der Waals surface area contributed by atoms with Gasteiger partial charge in [0.15, 0.2) is 0 Å². The average Bonchev–Trinajstić information content (AvgIpc) is 3.36. The van der Waals surface area contributed by atoms with Crippen molar-refractivity contribution >= 4 is 28.1 Å². The van der Waals surface area contributed by atoms with E-state index in [2.05, 4.69) is 92.9 Å². The highest BCUT2D eigenvalue weighted by atomic mass is 15.3. The van der Waals surface area contributed by atoms with Crippen LogP contribution in [0.1, 0.15) is 44.4 Å². The van der Waals surface area contributed by atoms with Crippen LogP contribution in [0.4, 0.5) is 11.6 Å². The smallest absolute Gasteiger partial charge is 0.130 e. The Balaban J connectivity index is 1.18. The molecule has 2 fully saturated rings. The number of piperidine rings is 1. The number of piperazine rings is 1. The number of aromatic nitrogens is 4. The molecule has 8 nitrogen and oxygen atoms in total. The summed E-state index contributed by atoms with van der Waals surface area (Å²) in [6.45, 7) is 16.2. The first-order chi connectivity index (χ1) is 19.9. The molecule has 0 atom stereocenters. The van der Waals surface area contributed by atoms with Gasteiger partial charge in [-0.15, -0.1) is 0 Å². The Bertz CT molecular complexity index is 1510. The Morgan fingerprint density at radius 3 is 2.49 bits per heavy atom. The number of rotatable bonds is 8. The van der Waals surface area contributed by atoms with Gasteiger partial charge in [0.25, 0.3) is 0 Å². The van der Waals surface area contributed by atoms with Gasteiger partial charge in [0.1, 0.15) is 11.6 Å². The summed E-state index contributed by atoms with van der Waals surface area (Å²) in [4.78, 5) is 16.8. The number of nitrogens with one attached hydrogen (secondary N) is 1. The van der Waals surface area contributed by atoms with Crippen molar-refractivity contribution in [1.29, 1.82) is 0 Å². The van der Waals surface area contributed by atoms with Crippen LogP contribution in [0.3, 0.4) is 0 Å². The van der Waals surface area contributed by atoms with E-state index in [4.69, 9.17) is 0 Å². The van der Waals surface area contributed by atoms with E-state index in [0.717, 1.165) is 66.4 Å². The number of benzene rings is 1. The highest BCUT2D eigenvalue weighted by Gasteiger charge is 2.20. The summed E-state index contributed by atoms with van der Waals surface area (Å²) in [5, 5.41) is 10.3. The van der Waals surface area contributed by atoms with Gasteiger partial charge in [-0.2, -0.15) is 5.10 Å². The lowest BCUT2D eigenvalue weighted by molar-refractivity contribution is 0.209. The van der Waals surface area contributed by atoms with Gasteiger partial charge in [0, 0.05) is 80.4 Å². The largest absolute Gasteiger partial charge is 0.354 e. The number of hydrogen-bond acceptors (Lipinski definition) is 7. The van der Waals surface area contributed by atoms with Crippen molar-refractivity contribution in [2.75, 3.05) is 49.5 Å². The molecule has 4 aromatic rings. The molecule has 2 aliphatic heterocycles. The van der Waals surface area contributed by atoms with Crippen molar-refractivity contribution in [2.24, 2.45) is 7.05 Å². The van der Waals surface area contributed by atoms with Crippen molar-refractivity contribution in [3.05, 3.63) is 72.8 Å². The fraction of sp³-hybridized carbons (Fsp3) is 0.424. The summed E-state index contributed by atoms with van der Waals surface area (Å²) in [7, 11) is 2.05. The maximum atomic E-state index is 4.68. The molecule has 0 aliphatic carbocycles. The standard InChI is InChI=1S/C33H42N8/c1-24(2)40-14-16-41(17-15-40)33-20-26(10-11-34-33)25(3)37-32-19-29-18-27(8-9-28(29)21-35-32)30-22-36-38(4)31(30)23-39-12-6-5-7-13-39/h8-11,18-22,24H,3,5-7,12-17,23H2,1-2,4H3,(H,35,37). The van der Waals surface area contributed by atoms with Gasteiger partial charge in [-0.1, -0.05) is 25.1 Å². The van der Waals surface area contributed by atoms with Crippen LogP contribution in [0.25, 0.3) is 27.6 Å². The zero-order chi connectivity index (χ0) is 28.3. The maximum Gasteiger partial charge on any atom is 0.130 e. The summed E-state index contributed by atoms with van der Waals surface area (Å²) >= 11 is 0. The number of hydrogen-bond donors (Lipinski definition) is 1. The van der Waals surface area contributed by atoms with Crippen LogP contribution in [0.5, 0.6) is 0 Å². The van der Waals surface area contributed by atoms with Gasteiger partial charge >= 0.3 is 0 Å². The first-order valence-corrected chi connectivity index (χ1v) is 15.0. The van der Waals surface area contributed by atoms with Gasteiger partial charge in [0.05, 0.1) is 11.9 Å². The van der Waals surface area contributed by atoms with Crippen molar-refractivity contribution < 1.29 is 0 Å². The summed E-state index contributed by atoms with van der Waals surface area (Å²) < 4.78 is 2.03. The zero-order valence-corrected chi connectivity index (χ0v) is 24.7. The SMILES string of the molecule is C=C(Nc1cc2cc(-c3cnn(C)c3CN3CCCCC3)ccc2cn1)c1ccnc(N2CCN(C(C)C)CC2)c1. The molecule has 2 saturated heterocycles. The molecule has 41 heavy (non-hydrogen) atoms. The van der Waals surface area contributed by atoms with Crippen LogP contribution in [-0.4, -0.2) is 74.9 Å². The van der Waals surface area contributed by atoms with Crippen LogP contribution in [-0.2, 0) is 13.6 Å². The van der Waals surface area contributed by atoms with Gasteiger partial charge in [-0.25, -0.2) is 9.97 Å². The molecule has 214 valence electrons. The summed E-state index contributed by atoms with van der Waals surface area (Å²) in [5.41, 5.74) is 5.49. The predicted octanol–water partition coefficient (Wildman–Crippen LogP) is 5.63. The second kappa shape index (κ2) is 12.0. The maximum absolute atomic E-state index is 4.68. The molecule has 5 heterocycles. The Morgan fingerprint density at radius 1 is 0.902 bits per heavy atom. The van der Waals surface area contributed by atoms with E-state index in [-0.39, 0.29) is 0 Å². The summed E-state index contributed by atoms with van der Waals surface area (Å²) in [6.07, 6.45) is 9.72. The highest BCUT2D eigenvalue weighted by molar-refractivity contribution is 5.90. The molecular formula is C33H42N8. The number of pyridine rings is 2. The molecule has 0 unspecified atom stereocenters. The zero-order valence-electron chi connectivity index (χ0n) is 24.7. The molecule has 1 aromatic carbocycles. The minimum Gasteiger partial charge on any atom is -0.354 e. The molecule has 3 aromatic heterocycles. The molecule has 0 bridgehead atoms. The lowest BCUT2D eigenvalue weighted by Crippen LogP contribution is -2.49. The predicted molar refractivity (Wildman–Crippen MR) is 169 cm³/mol. The van der Waals surface area contributed by atoms with E-state index in [9.17, 15) is 0 Å². The highest BCUT2D eigenvalue weighted by Crippen LogP contribution is 2.30. The number of anilines is 2. The molecule has 1 N–H and O–H groups in total. The Hall–Kier alpha value is -3.75. The van der Waals surface area contributed by atoms with Crippen LogP contribution in [0.15, 0.2) is 61.6 Å². The molecule has 2 aliphatic rings. The van der Waals surface area contributed by atoms with Gasteiger partial charge in [0.2, 0.25) is 0 Å². The molecule has 0 radical (unpaired) electrons. The van der Waals surface area contributed by atoms with Gasteiger partial charge in [-0.3, -0.25) is 14.5 Å². The second-order valence-corrected chi connectivity index (χ2v) is 11.7. The van der Waals surface area contributed by atoms with Crippen molar-refractivity contribution in [2.45, 2.75) is 45.7 Å². The first-order valence-electron chi connectivity index (χ1n) is 15.0. The normalized spacial score (nSPS) is 16.9. The number of likely N-dealkylation sites (tertiary alicyclic amines) is 1. The molecule has 0 saturated carbocycles. The second-order valence-electron chi connectivity index (χ2n) is 11.7. The summed E-state index contributed by atoms with van der Waals surface area (Å²) in [5.74, 6) is 1.78. The monoisotopic (exact) mass is 550 g/mol. The van der Waals surface area contributed by atoms with Crippen molar-refractivity contribution in [1.82, 2.24) is 29.5 Å². The Kier molecular flexibility index (Phi) is 8.03. The summed E-state index contributed by atoms with van der Waals surface area (Å²) in [6, 6.07) is 13.4. The third kappa shape index (κ3) is 6.14. The quantitative estimate of drug-likeness (QED) is 0.305. The van der Waals surface area contributed by atoms with Crippen LogP contribution >= 0.6 is 0 Å². The van der Waals surface area contributed by atoms with E-state index in [1.807, 2.05) is 29.3 Å². The minimum atomic E-state index is 0.580. The van der Waals surface area contributed by atoms with Crippen molar-refractivity contribution in [3.8, 4) is 11.1 Å². The third-order valence-electron chi connectivity index (χ3n) is 8.66.